The van der Waals surface area contributed by atoms with Crippen LogP contribution in [0.25, 0.3) is 0 Å². The van der Waals surface area contributed by atoms with Gasteiger partial charge in [-0.1, -0.05) is 11.6 Å². The van der Waals surface area contributed by atoms with Gasteiger partial charge >= 0.3 is 5.97 Å². The van der Waals surface area contributed by atoms with E-state index in [2.05, 4.69) is 0 Å². The fraction of sp³-hybridized carbons (Fsp3) is 0.286. The Morgan fingerprint density at radius 1 is 1.75 bits per heavy atom. The third-order valence-corrected chi connectivity index (χ3v) is 2.36. The predicted octanol–water partition coefficient (Wildman–Crippen LogP) is 1.20. The molecule has 1 heterocycles. The first-order valence-corrected chi connectivity index (χ1v) is 3.58. The van der Waals surface area contributed by atoms with Crippen LogP contribution in [0, 0.1) is 0 Å². The maximum atomic E-state index is 12.6. The van der Waals surface area contributed by atoms with Crippen LogP contribution in [0.1, 0.15) is 0 Å². The van der Waals surface area contributed by atoms with Crippen LogP contribution >= 0.6 is 11.6 Å². The molecule has 1 N–H and O–H groups in total. The number of aliphatic carboxylic acids is 1. The lowest BCUT2D eigenvalue weighted by molar-refractivity contribution is -0.141. The van der Waals surface area contributed by atoms with Gasteiger partial charge in [-0.25, -0.2) is 9.18 Å². The molecule has 2 aliphatic rings. The summed E-state index contributed by atoms with van der Waals surface area (Å²) in [4.78, 5) is 10.6. The molecule has 1 saturated heterocycles. The molecular formula is C7H4ClFO3. The highest BCUT2D eigenvalue weighted by Gasteiger charge is 2.74. The van der Waals surface area contributed by atoms with Crippen LogP contribution in [-0.2, 0) is 9.53 Å². The quantitative estimate of drug-likeness (QED) is 0.499. The Balaban J connectivity index is 2.41. The van der Waals surface area contributed by atoms with Crippen LogP contribution in [0.3, 0.4) is 0 Å². The molecule has 64 valence electrons. The molecule has 0 aromatic carbocycles. The number of alkyl halides is 1. The molecule has 1 fully saturated rings. The van der Waals surface area contributed by atoms with Gasteiger partial charge in [0.05, 0.1) is 0 Å². The summed E-state index contributed by atoms with van der Waals surface area (Å²) in [7, 11) is 0. The van der Waals surface area contributed by atoms with Gasteiger partial charge in [-0.3, -0.25) is 0 Å². The highest BCUT2D eigenvalue weighted by molar-refractivity contribution is 6.30. The van der Waals surface area contributed by atoms with E-state index in [0.29, 0.717) is 0 Å². The summed E-state index contributed by atoms with van der Waals surface area (Å²) in [5.74, 6) is -1.79. The van der Waals surface area contributed by atoms with Gasteiger partial charge in [-0.15, -0.1) is 0 Å². The maximum absolute atomic E-state index is 12.6. The van der Waals surface area contributed by atoms with E-state index in [4.69, 9.17) is 21.4 Å². The molecule has 0 spiro atoms. The Hall–Kier alpha value is -0.870. The standard InChI is InChI=1S/C7H4ClFO3/c8-7-3-4(9)1-2-6(7,12-7)5(10)11/h1-3H,(H,10,11). The van der Waals surface area contributed by atoms with Gasteiger partial charge in [0.15, 0.2) is 0 Å². The van der Waals surface area contributed by atoms with Gasteiger partial charge in [0.1, 0.15) is 5.83 Å². The highest BCUT2D eigenvalue weighted by Crippen LogP contribution is 2.56. The Labute approximate surface area is 72.1 Å². The molecule has 12 heavy (non-hydrogen) atoms. The molecule has 0 amide bonds. The number of halogens is 2. The summed E-state index contributed by atoms with van der Waals surface area (Å²) in [6, 6.07) is 0. The van der Waals surface area contributed by atoms with Crippen molar-refractivity contribution in [3.05, 3.63) is 24.1 Å². The Kier molecular flexibility index (Phi) is 1.22. The second-order valence-electron chi connectivity index (χ2n) is 2.65. The van der Waals surface area contributed by atoms with E-state index in [1.165, 1.54) is 0 Å². The number of epoxide rings is 1. The number of hydrogen-bond donors (Lipinski definition) is 1. The molecular weight excluding hydrogens is 187 g/mol. The van der Waals surface area contributed by atoms with Crippen LogP contribution in [0.15, 0.2) is 24.1 Å². The second-order valence-corrected chi connectivity index (χ2v) is 3.21. The summed E-state index contributed by atoms with van der Waals surface area (Å²) in [5.41, 5.74) is -1.55. The van der Waals surface area contributed by atoms with Gasteiger partial charge in [-0.2, -0.15) is 0 Å². The van der Waals surface area contributed by atoms with Crippen molar-refractivity contribution in [2.24, 2.45) is 0 Å². The number of ether oxygens (including phenoxy) is 1. The van der Waals surface area contributed by atoms with Gasteiger partial charge in [0, 0.05) is 6.08 Å². The molecule has 1 aliphatic heterocycles. The van der Waals surface area contributed by atoms with Crippen molar-refractivity contribution in [3.63, 3.8) is 0 Å². The van der Waals surface area contributed by atoms with Crippen molar-refractivity contribution in [2.75, 3.05) is 0 Å². The first kappa shape index (κ1) is 7.76. The van der Waals surface area contributed by atoms with Gasteiger partial charge in [0.2, 0.25) is 10.7 Å². The Morgan fingerprint density at radius 2 is 2.42 bits per heavy atom. The van der Waals surface area contributed by atoms with Crippen molar-refractivity contribution in [1.29, 1.82) is 0 Å². The van der Waals surface area contributed by atoms with Gasteiger partial charge in [-0.05, 0) is 12.2 Å². The number of hydrogen-bond acceptors (Lipinski definition) is 2. The second kappa shape index (κ2) is 1.89. The minimum absolute atomic E-state index is 0.584. The largest absolute Gasteiger partial charge is 0.479 e. The smallest absolute Gasteiger partial charge is 0.344 e. The fourth-order valence-corrected chi connectivity index (χ4v) is 1.55. The van der Waals surface area contributed by atoms with Crippen molar-refractivity contribution in [1.82, 2.24) is 0 Å². The number of allylic oxidation sites excluding steroid dienone is 2. The van der Waals surface area contributed by atoms with E-state index < -0.39 is 22.5 Å². The normalized spacial score (nSPS) is 43.3. The first-order chi connectivity index (χ1) is 5.50. The summed E-state index contributed by atoms with van der Waals surface area (Å²) >= 11 is 5.62. The predicted molar refractivity (Wildman–Crippen MR) is 38.4 cm³/mol. The Bertz CT molecular complexity index is 325. The average molecular weight is 191 g/mol. The van der Waals surface area contributed by atoms with E-state index in [-0.39, 0.29) is 0 Å². The average Bonchev–Trinajstić information content (AvgIpc) is 2.55. The summed E-state index contributed by atoms with van der Waals surface area (Å²) < 4.78 is 17.3. The zero-order chi connectivity index (χ0) is 8.98. The minimum Gasteiger partial charge on any atom is -0.479 e. The van der Waals surface area contributed by atoms with Crippen molar-refractivity contribution >= 4 is 17.6 Å². The van der Waals surface area contributed by atoms with Crippen molar-refractivity contribution in [2.45, 2.75) is 10.7 Å². The van der Waals surface area contributed by atoms with Crippen LogP contribution in [0.2, 0.25) is 0 Å². The molecule has 2 atom stereocenters. The molecule has 2 unspecified atom stereocenters. The number of carbonyl (C=O) groups is 1. The molecule has 5 heteroatoms. The molecule has 0 aromatic heterocycles. The lowest BCUT2D eigenvalue weighted by Crippen LogP contribution is -2.29. The summed E-state index contributed by atoms with van der Waals surface area (Å²) in [6.07, 6.45) is 3.09. The van der Waals surface area contributed by atoms with Crippen molar-refractivity contribution in [3.8, 4) is 0 Å². The zero-order valence-corrected chi connectivity index (χ0v) is 6.51. The van der Waals surface area contributed by atoms with Crippen LogP contribution in [-0.4, -0.2) is 21.7 Å². The van der Waals surface area contributed by atoms with Gasteiger partial charge in [0.25, 0.3) is 0 Å². The highest BCUT2D eigenvalue weighted by atomic mass is 35.5. The first-order valence-electron chi connectivity index (χ1n) is 3.20. The van der Waals surface area contributed by atoms with E-state index in [1.54, 1.807) is 0 Å². The molecule has 0 radical (unpaired) electrons. The molecule has 0 aromatic rings. The zero-order valence-electron chi connectivity index (χ0n) is 5.75. The topological polar surface area (TPSA) is 49.8 Å². The SMILES string of the molecule is O=C(O)C12C=CC(F)=CC1(Cl)O2. The van der Waals surface area contributed by atoms with E-state index >= 15 is 0 Å². The molecule has 0 saturated carbocycles. The summed E-state index contributed by atoms with van der Waals surface area (Å²) in [5, 5.41) is 7.16. The maximum Gasteiger partial charge on any atom is 0.344 e. The van der Waals surface area contributed by atoms with Crippen molar-refractivity contribution < 1.29 is 19.0 Å². The lowest BCUT2D eigenvalue weighted by atomic mass is 10.0. The monoisotopic (exact) mass is 190 g/mol. The van der Waals surface area contributed by atoms with E-state index in [9.17, 15) is 9.18 Å². The Morgan fingerprint density at radius 3 is 2.92 bits per heavy atom. The third kappa shape index (κ3) is 0.711. The third-order valence-electron chi connectivity index (χ3n) is 1.89. The minimum atomic E-state index is -1.55. The molecule has 3 nitrogen and oxygen atoms in total. The van der Waals surface area contributed by atoms with Crippen LogP contribution in [0.5, 0.6) is 0 Å². The lowest BCUT2D eigenvalue weighted by Gasteiger charge is -2.06. The number of fused-ring (bicyclic) bond motifs is 1. The molecule has 2 rings (SSSR count). The van der Waals surface area contributed by atoms with E-state index in [1.807, 2.05) is 0 Å². The van der Waals surface area contributed by atoms with Gasteiger partial charge < -0.3 is 9.84 Å². The molecule has 1 aliphatic carbocycles. The number of carboxylic acid groups (broad SMARTS) is 1. The number of rotatable bonds is 1. The fourth-order valence-electron chi connectivity index (χ4n) is 1.18. The van der Waals surface area contributed by atoms with Crippen LogP contribution in [0.4, 0.5) is 4.39 Å². The van der Waals surface area contributed by atoms with E-state index in [0.717, 1.165) is 18.2 Å². The van der Waals surface area contributed by atoms with Crippen LogP contribution < -0.4 is 0 Å². The number of carboxylic acids is 1. The molecule has 0 bridgehead atoms. The summed E-state index contributed by atoms with van der Waals surface area (Å²) in [6.45, 7) is 0.